The molecule has 4 aromatic rings. The molecule has 0 atom stereocenters. The van der Waals surface area contributed by atoms with Crippen LogP contribution < -0.4 is 10.2 Å². The van der Waals surface area contributed by atoms with E-state index in [9.17, 15) is 9.18 Å². The van der Waals surface area contributed by atoms with Gasteiger partial charge in [0.1, 0.15) is 11.5 Å². The second-order valence-electron chi connectivity index (χ2n) is 8.14. The van der Waals surface area contributed by atoms with Crippen molar-refractivity contribution in [3.05, 3.63) is 89.8 Å². The van der Waals surface area contributed by atoms with E-state index in [1.807, 2.05) is 30.5 Å². The minimum absolute atomic E-state index is 0.250. The zero-order chi connectivity index (χ0) is 24.8. The number of pyridine rings is 1. The third kappa shape index (κ3) is 4.81. The Morgan fingerprint density at radius 1 is 1.06 bits per heavy atom. The number of benzene rings is 1. The number of carbonyl (C=O) groups is 2. The first-order valence-corrected chi connectivity index (χ1v) is 11.1. The molecule has 1 aromatic carbocycles. The van der Waals surface area contributed by atoms with Crippen molar-refractivity contribution in [1.82, 2.24) is 24.9 Å². The molecule has 0 saturated carbocycles. The molecule has 5 rings (SSSR count). The highest BCUT2D eigenvalue weighted by atomic mass is 19.1. The smallest absolute Gasteiger partial charge is 0.290 e. The topological polar surface area (TPSA) is 113 Å². The van der Waals surface area contributed by atoms with Crippen LogP contribution in [0.2, 0.25) is 0 Å². The van der Waals surface area contributed by atoms with Crippen LogP contribution in [0.1, 0.15) is 34.6 Å². The van der Waals surface area contributed by atoms with Gasteiger partial charge in [0, 0.05) is 37.9 Å². The highest BCUT2D eigenvalue weighted by Crippen LogP contribution is 2.42. The molecular formula is C25H25FN6O3. The van der Waals surface area contributed by atoms with E-state index in [-0.39, 0.29) is 23.6 Å². The van der Waals surface area contributed by atoms with E-state index >= 15 is 0 Å². The van der Waals surface area contributed by atoms with Gasteiger partial charge >= 0.3 is 0 Å². The standard InChI is InChI=1S/C24H23FN6O.CH2O2/c1-26-23(32)19-8-10-22(29-28-19)30-13-11-24(12-14-30,17-5-3-2-4-6-17)20-16-31-15-18(25)7-9-21(31)27-20;2-1-3/h2-10,15-16H,11-14H2,1H3,(H,26,32);1H,(H,2,3). The minimum Gasteiger partial charge on any atom is -0.483 e. The summed E-state index contributed by atoms with van der Waals surface area (Å²) in [6.45, 7) is 1.26. The highest BCUT2D eigenvalue weighted by Gasteiger charge is 2.40. The predicted molar refractivity (Wildman–Crippen MR) is 128 cm³/mol. The molecule has 1 saturated heterocycles. The Morgan fingerprint density at radius 3 is 2.40 bits per heavy atom. The van der Waals surface area contributed by atoms with E-state index < -0.39 is 0 Å². The van der Waals surface area contributed by atoms with Gasteiger partial charge < -0.3 is 19.7 Å². The van der Waals surface area contributed by atoms with Gasteiger partial charge in [-0.25, -0.2) is 9.37 Å². The molecule has 2 N–H and O–H groups in total. The Hall–Kier alpha value is -4.34. The molecular weight excluding hydrogens is 451 g/mol. The van der Waals surface area contributed by atoms with Crippen molar-refractivity contribution in [2.45, 2.75) is 18.3 Å². The van der Waals surface area contributed by atoms with E-state index in [0.29, 0.717) is 5.69 Å². The molecule has 1 aliphatic heterocycles. The third-order valence-electron chi connectivity index (χ3n) is 6.28. The lowest BCUT2D eigenvalue weighted by molar-refractivity contribution is -0.122. The number of amides is 1. The predicted octanol–water partition coefficient (Wildman–Crippen LogP) is 2.91. The molecule has 0 aliphatic carbocycles. The monoisotopic (exact) mass is 476 g/mol. The second-order valence-corrected chi connectivity index (χ2v) is 8.14. The molecule has 10 heteroatoms. The lowest BCUT2D eigenvalue weighted by atomic mass is 9.70. The summed E-state index contributed by atoms with van der Waals surface area (Å²) in [5, 5.41) is 17.8. The fourth-order valence-electron chi connectivity index (χ4n) is 4.51. The van der Waals surface area contributed by atoms with Crippen molar-refractivity contribution in [1.29, 1.82) is 0 Å². The molecule has 0 spiro atoms. The summed E-state index contributed by atoms with van der Waals surface area (Å²) in [5.41, 5.74) is 2.88. The second kappa shape index (κ2) is 10.3. The van der Waals surface area contributed by atoms with Crippen LogP contribution in [-0.4, -0.2) is 57.2 Å². The molecule has 4 heterocycles. The number of hydrogen-bond acceptors (Lipinski definition) is 6. The molecule has 1 aliphatic rings. The van der Waals surface area contributed by atoms with Gasteiger partial charge in [0.05, 0.1) is 5.69 Å². The van der Waals surface area contributed by atoms with Gasteiger partial charge in [0.15, 0.2) is 11.5 Å². The van der Waals surface area contributed by atoms with Crippen molar-refractivity contribution < 1.29 is 19.1 Å². The fraction of sp³-hybridized carbons (Fsp3) is 0.240. The summed E-state index contributed by atoms with van der Waals surface area (Å²) < 4.78 is 15.5. The van der Waals surface area contributed by atoms with Gasteiger partial charge in [-0.05, 0) is 42.7 Å². The molecule has 0 unspecified atom stereocenters. The normalized spacial score (nSPS) is 14.6. The van der Waals surface area contributed by atoms with Crippen LogP contribution >= 0.6 is 0 Å². The largest absolute Gasteiger partial charge is 0.483 e. The number of aromatic nitrogens is 4. The van der Waals surface area contributed by atoms with E-state index in [0.717, 1.165) is 43.1 Å². The lowest BCUT2D eigenvalue weighted by Gasteiger charge is -2.41. The quantitative estimate of drug-likeness (QED) is 0.436. The summed E-state index contributed by atoms with van der Waals surface area (Å²) in [7, 11) is 1.57. The molecule has 0 bridgehead atoms. The maximum absolute atomic E-state index is 13.8. The molecule has 180 valence electrons. The number of piperidine rings is 1. The van der Waals surface area contributed by atoms with E-state index in [4.69, 9.17) is 14.9 Å². The maximum atomic E-state index is 13.8. The number of nitrogens with one attached hydrogen (secondary N) is 1. The summed E-state index contributed by atoms with van der Waals surface area (Å²) in [6.07, 6.45) is 5.05. The average Bonchev–Trinajstić information content (AvgIpc) is 3.33. The summed E-state index contributed by atoms with van der Waals surface area (Å²) >= 11 is 0. The number of fused-ring (bicyclic) bond motifs is 1. The first-order chi connectivity index (χ1) is 17.0. The zero-order valence-electron chi connectivity index (χ0n) is 19.1. The first-order valence-electron chi connectivity index (χ1n) is 11.1. The van der Waals surface area contributed by atoms with Crippen LogP contribution in [0.3, 0.4) is 0 Å². The Labute approximate surface area is 201 Å². The summed E-state index contributed by atoms with van der Waals surface area (Å²) in [4.78, 5) is 27.1. The third-order valence-corrected chi connectivity index (χ3v) is 6.28. The van der Waals surface area contributed by atoms with Gasteiger partial charge in [-0.2, -0.15) is 0 Å². The molecule has 35 heavy (non-hydrogen) atoms. The minimum atomic E-state index is -0.288. The number of carboxylic acid groups (broad SMARTS) is 1. The zero-order valence-corrected chi connectivity index (χ0v) is 19.1. The highest BCUT2D eigenvalue weighted by molar-refractivity contribution is 5.91. The Kier molecular flexibility index (Phi) is 7.00. The van der Waals surface area contributed by atoms with Gasteiger partial charge in [-0.3, -0.25) is 9.59 Å². The van der Waals surface area contributed by atoms with E-state index in [1.54, 1.807) is 23.6 Å². The lowest BCUT2D eigenvalue weighted by Crippen LogP contribution is -2.44. The molecule has 1 amide bonds. The van der Waals surface area contributed by atoms with Crippen LogP contribution in [0, 0.1) is 5.82 Å². The number of hydrogen-bond donors (Lipinski definition) is 2. The Morgan fingerprint density at radius 2 is 1.77 bits per heavy atom. The van der Waals surface area contributed by atoms with Crippen molar-refractivity contribution in [3.8, 4) is 0 Å². The molecule has 9 nitrogen and oxygen atoms in total. The number of carbonyl (C=O) groups excluding carboxylic acids is 1. The summed E-state index contributed by atoms with van der Waals surface area (Å²) in [6, 6.07) is 17.0. The van der Waals surface area contributed by atoms with Crippen LogP contribution in [0.5, 0.6) is 0 Å². The van der Waals surface area contributed by atoms with Crippen molar-refractivity contribution in [2.24, 2.45) is 0 Å². The maximum Gasteiger partial charge on any atom is 0.290 e. The van der Waals surface area contributed by atoms with Crippen molar-refractivity contribution in [2.75, 3.05) is 25.0 Å². The molecule has 1 fully saturated rings. The number of anilines is 1. The molecule has 0 radical (unpaired) electrons. The van der Waals surface area contributed by atoms with Crippen LogP contribution in [0.25, 0.3) is 5.65 Å². The van der Waals surface area contributed by atoms with Crippen LogP contribution in [0.4, 0.5) is 10.2 Å². The number of nitrogens with zero attached hydrogens (tertiary/aromatic N) is 5. The number of rotatable bonds is 4. The van der Waals surface area contributed by atoms with E-state index in [1.165, 1.54) is 17.8 Å². The molecule has 3 aromatic heterocycles. The van der Waals surface area contributed by atoms with Crippen LogP contribution in [0.15, 0.2) is 67.0 Å². The van der Waals surface area contributed by atoms with E-state index in [2.05, 4.69) is 32.5 Å². The van der Waals surface area contributed by atoms with Gasteiger partial charge in [0.25, 0.3) is 12.4 Å². The van der Waals surface area contributed by atoms with Crippen molar-refractivity contribution >= 4 is 23.8 Å². The SMILES string of the molecule is CNC(=O)c1ccc(N2CCC(c3ccccc3)(c3cn4cc(F)ccc4n3)CC2)nn1.O=CO. The van der Waals surface area contributed by atoms with Gasteiger partial charge in [-0.1, -0.05) is 30.3 Å². The first kappa shape index (κ1) is 23.8. The van der Waals surface area contributed by atoms with Crippen molar-refractivity contribution in [3.63, 3.8) is 0 Å². The number of imidazole rings is 1. The van der Waals surface area contributed by atoms with Crippen LogP contribution in [-0.2, 0) is 10.2 Å². The van der Waals surface area contributed by atoms with Gasteiger partial charge in [-0.15, -0.1) is 10.2 Å². The fourth-order valence-corrected chi connectivity index (χ4v) is 4.51. The Balaban J connectivity index is 0.000000917. The number of halogens is 1. The Bertz CT molecular complexity index is 1300. The van der Waals surface area contributed by atoms with Gasteiger partial charge in [0.2, 0.25) is 0 Å². The average molecular weight is 477 g/mol. The summed E-state index contributed by atoms with van der Waals surface area (Å²) in [5.74, 6) is 0.203.